The Morgan fingerprint density at radius 3 is 2.53 bits per heavy atom. The Labute approximate surface area is 99.8 Å². The van der Waals surface area contributed by atoms with Crippen LogP contribution in [0.3, 0.4) is 0 Å². The molecule has 0 aliphatic heterocycles. The van der Waals surface area contributed by atoms with E-state index in [1.165, 1.54) is 18.2 Å². The number of carbonyl (C=O) groups is 1. The quantitative estimate of drug-likeness (QED) is 0.699. The van der Waals surface area contributed by atoms with Crippen LogP contribution in [0.2, 0.25) is 0 Å². The van der Waals surface area contributed by atoms with Crippen molar-refractivity contribution in [1.82, 2.24) is 0 Å². The van der Waals surface area contributed by atoms with Gasteiger partial charge in [-0.15, -0.1) is 0 Å². The molecular formula is C7H7IN2O4S. The monoisotopic (exact) mass is 342 g/mol. The maximum Gasteiger partial charge on any atom is 0.335 e. The van der Waals surface area contributed by atoms with Crippen LogP contribution >= 0.6 is 22.6 Å². The molecule has 8 heteroatoms. The maximum atomic E-state index is 10.7. The van der Waals surface area contributed by atoms with Crippen LogP contribution in [0.15, 0.2) is 18.2 Å². The topological polar surface area (TPSA) is 109 Å². The fourth-order valence-corrected chi connectivity index (χ4v) is 2.02. The van der Waals surface area contributed by atoms with E-state index in [4.69, 9.17) is 10.2 Å². The molecule has 0 aromatic heterocycles. The number of rotatable bonds is 3. The van der Waals surface area contributed by atoms with Gasteiger partial charge in [0.1, 0.15) is 0 Å². The zero-order valence-electron chi connectivity index (χ0n) is 7.27. The van der Waals surface area contributed by atoms with E-state index in [0.717, 1.165) is 0 Å². The maximum absolute atomic E-state index is 10.7. The zero-order chi connectivity index (χ0) is 11.6. The first kappa shape index (κ1) is 12.2. The Morgan fingerprint density at radius 2 is 2.07 bits per heavy atom. The number of carboxylic acid groups (broad SMARTS) is 1. The van der Waals surface area contributed by atoms with Gasteiger partial charge in [-0.05, 0) is 40.8 Å². The summed E-state index contributed by atoms with van der Waals surface area (Å²) in [4.78, 5) is 10.6. The minimum absolute atomic E-state index is 0.0124. The molecule has 0 aliphatic carbocycles. The predicted molar refractivity (Wildman–Crippen MR) is 62.8 cm³/mol. The summed E-state index contributed by atoms with van der Waals surface area (Å²) in [5.74, 6) is -1.14. The first-order valence-corrected chi connectivity index (χ1v) is 6.25. The van der Waals surface area contributed by atoms with E-state index >= 15 is 0 Å². The lowest BCUT2D eigenvalue weighted by molar-refractivity contribution is 0.0697. The largest absolute Gasteiger partial charge is 0.478 e. The highest BCUT2D eigenvalue weighted by atomic mass is 127. The molecule has 0 saturated heterocycles. The Bertz CT molecular complexity index is 500. The Hall–Kier alpha value is -0.870. The molecule has 0 spiro atoms. The average Bonchev–Trinajstić information content (AvgIpc) is 2.06. The Balaban J connectivity index is 3.17. The molecule has 6 nitrogen and oxygen atoms in total. The molecule has 15 heavy (non-hydrogen) atoms. The molecule has 82 valence electrons. The van der Waals surface area contributed by atoms with Crippen molar-refractivity contribution in [2.75, 3.05) is 4.72 Å². The molecular weight excluding hydrogens is 335 g/mol. The van der Waals surface area contributed by atoms with Crippen molar-refractivity contribution in [2.24, 2.45) is 5.14 Å². The molecule has 0 aliphatic rings. The van der Waals surface area contributed by atoms with Crippen LogP contribution in [0, 0.1) is 3.57 Å². The lowest BCUT2D eigenvalue weighted by Gasteiger charge is -2.06. The van der Waals surface area contributed by atoms with Gasteiger partial charge in [-0.1, -0.05) is 0 Å². The summed E-state index contributed by atoms with van der Waals surface area (Å²) in [6, 6.07) is 4.06. The molecule has 0 atom stereocenters. The van der Waals surface area contributed by atoms with Crippen molar-refractivity contribution < 1.29 is 18.3 Å². The van der Waals surface area contributed by atoms with Gasteiger partial charge >= 0.3 is 5.97 Å². The summed E-state index contributed by atoms with van der Waals surface area (Å²) in [5.41, 5.74) is 0.138. The van der Waals surface area contributed by atoms with Crippen LogP contribution in [-0.2, 0) is 10.2 Å². The van der Waals surface area contributed by atoms with Gasteiger partial charge in [-0.25, -0.2) is 9.93 Å². The SMILES string of the molecule is NS(=O)(=O)Nc1cc(C(=O)O)ccc1I. The third-order valence-electron chi connectivity index (χ3n) is 1.47. The van der Waals surface area contributed by atoms with E-state index in [1.807, 2.05) is 27.3 Å². The first-order valence-electron chi connectivity index (χ1n) is 3.63. The lowest BCUT2D eigenvalue weighted by Crippen LogP contribution is -2.22. The van der Waals surface area contributed by atoms with Crippen molar-refractivity contribution in [3.8, 4) is 0 Å². The van der Waals surface area contributed by atoms with Crippen molar-refractivity contribution in [3.63, 3.8) is 0 Å². The Morgan fingerprint density at radius 1 is 1.47 bits per heavy atom. The number of carboxylic acids is 1. The van der Waals surface area contributed by atoms with E-state index in [1.54, 1.807) is 0 Å². The number of nitrogens with two attached hydrogens (primary N) is 1. The van der Waals surface area contributed by atoms with Crippen LogP contribution < -0.4 is 9.86 Å². The van der Waals surface area contributed by atoms with E-state index in [-0.39, 0.29) is 11.3 Å². The molecule has 4 N–H and O–H groups in total. The van der Waals surface area contributed by atoms with Gasteiger partial charge in [-0.2, -0.15) is 8.42 Å². The number of benzene rings is 1. The summed E-state index contributed by atoms with van der Waals surface area (Å²) >= 11 is 1.87. The molecule has 1 aromatic carbocycles. The number of hydrogen-bond acceptors (Lipinski definition) is 3. The third-order valence-corrected chi connectivity index (χ3v) is 2.91. The molecule has 0 heterocycles. The molecule has 1 aromatic rings. The summed E-state index contributed by atoms with van der Waals surface area (Å²) in [6.45, 7) is 0. The minimum Gasteiger partial charge on any atom is -0.478 e. The van der Waals surface area contributed by atoms with Gasteiger partial charge in [0.25, 0.3) is 10.2 Å². The summed E-state index contributed by atoms with van der Waals surface area (Å²) in [5, 5.41) is 13.5. The highest BCUT2D eigenvalue weighted by Crippen LogP contribution is 2.20. The van der Waals surface area contributed by atoms with Crippen molar-refractivity contribution in [1.29, 1.82) is 0 Å². The van der Waals surface area contributed by atoms with E-state index in [0.29, 0.717) is 3.57 Å². The fourth-order valence-electron chi connectivity index (χ4n) is 0.890. The van der Waals surface area contributed by atoms with E-state index in [9.17, 15) is 13.2 Å². The molecule has 0 bridgehead atoms. The van der Waals surface area contributed by atoms with Gasteiger partial charge in [0.15, 0.2) is 0 Å². The fraction of sp³-hybridized carbons (Fsp3) is 0. The molecule has 1 rings (SSSR count). The molecule has 0 fully saturated rings. The predicted octanol–water partition coefficient (Wildman–Crippen LogP) is 0.605. The van der Waals surface area contributed by atoms with Crippen LogP contribution in [0.25, 0.3) is 0 Å². The smallest absolute Gasteiger partial charge is 0.335 e. The molecule has 0 saturated carbocycles. The highest BCUT2D eigenvalue weighted by Gasteiger charge is 2.10. The van der Waals surface area contributed by atoms with Crippen LogP contribution in [0.4, 0.5) is 5.69 Å². The van der Waals surface area contributed by atoms with Crippen LogP contribution in [0.1, 0.15) is 10.4 Å². The standard InChI is InChI=1S/C7H7IN2O4S/c8-5-2-1-4(7(11)12)3-6(5)10-15(9,13)14/h1-3,10H,(H,11,12)(H2,9,13,14). The first-order chi connectivity index (χ1) is 6.79. The second kappa shape index (κ2) is 4.33. The van der Waals surface area contributed by atoms with Gasteiger partial charge in [-0.3, -0.25) is 4.72 Å². The number of hydrogen-bond donors (Lipinski definition) is 3. The molecule has 0 unspecified atom stereocenters. The molecule has 0 amide bonds. The molecule has 0 radical (unpaired) electrons. The summed E-state index contributed by atoms with van der Waals surface area (Å²) in [7, 11) is -3.89. The van der Waals surface area contributed by atoms with Gasteiger partial charge in [0, 0.05) is 3.57 Å². The van der Waals surface area contributed by atoms with E-state index < -0.39 is 16.2 Å². The number of anilines is 1. The zero-order valence-corrected chi connectivity index (χ0v) is 10.2. The second-order valence-corrected chi connectivity index (χ2v) is 5.10. The van der Waals surface area contributed by atoms with Crippen LogP contribution in [0.5, 0.6) is 0 Å². The third kappa shape index (κ3) is 3.64. The summed E-state index contributed by atoms with van der Waals surface area (Å²) < 4.78 is 24.1. The number of aromatic carboxylic acids is 1. The van der Waals surface area contributed by atoms with Crippen molar-refractivity contribution in [3.05, 3.63) is 27.3 Å². The lowest BCUT2D eigenvalue weighted by atomic mass is 10.2. The normalized spacial score (nSPS) is 11.1. The van der Waals surface area contributed by atoms with Crippen molar-refractivity contribution >= 4 is 44.5 Å². The van der Waals surface area contributed by atoms with Gasteiger partial charge in [0.2, 0.25) is 0 Å². The number of nitrogens with one attached hydrogen (secondary N) is 1. The summed E-state index contributed by atoms with van der Waals surface area (Å²) in [6.07, 6.45) is 0. The van der Waals surface area contributed by atoms with Gasteiger partial charge < -0.3 is 5.11 Å². The van der Waals surface area contributed by atoms with Crippen molar-refractivity contribution in [2.45, 2.75) is 0 Å². The number of halogens is 1. The van der Waals surface area contributed by atoms with E-state index in [2.05, 4.69) is 0 Å². The van der Waals surface area contributed by atoms with Crippen LogP contribution in [-0.4, -0.2) is 19.5 Å². The van der Waals surface area contributed by atoms with Gasteiger partial charge in [0.05, 0.1) is 11.3 Å². The Kier molecular flexibility index (Phi) is 3.52. The highest BCUT2D eigenvalue weighted by molar-refractivity contribution is 14.1. The second-order valence-electron chi connectivity index (χ2n) is 2.65. The minimum atomic E-state index is -3.89. The average molecular weight is 342 g/mol.